The smallest absolute Gasteiger partial charge is 0.253 e. The average Bonchev–Trinajstić information content (AvgIpc) is 2.52. The maximum absolute atomic E-state index is 12.1. The maximum Gasteiger partial charge on any atom is 0.253 e. The molecule has 2 atom stereocenters. The molecule has 100 valence electrons. The molecule has 1 aromatic heterocycles. The molecule has 1 heterocycles. The van der Waals surface area contributed by atoms with Crippen molar-refractivity contribution in [2.75, 3.05) is 0 Å². The molecule has 1 aromatic rings. The van der Waals surface area contributed by atoms with Gasteiger partial charge in [0.1, 0.15) is 0 Å². The number of carbonyl (C=O) groups is 1. The number of rotatable bonds is 2. The summed E-state index contributed by atoms with van der Waals surface area (Å²) in [4.78, 5) is 12.1. The van der Waals surface area contributed by atoms with E-state index in [0.717, 1.165) is 39.7 Å². The van der Waals surface area contributed by atoms with Crippen LogP contribution in [0.15, 0.2) is 13.6 Å². The first-order valence-corrected chi connectivity index (χ1v) is 8.42. The van der Waals surface area contributed by atoms with Crippen LogP contribution >= 0.6 is 43.2 Å². The van der Waals surface area contributed by atoms with Crippen LogP contribution in [0.1, 0.15) is 42.5 Å². The lowest BCUT2D eigenvalue weighted by Crippen LogP contribution is -2.42. The molecule has 2 N–H and O–H groups in total. The summed E-state index contributed by atoms with van der Waals surface area (Å²) in [5, 5.41) is 12.9. The molecule has 0 aromatic carbocycles. The lowest BCUT2D eigenvalue weighted by atomic mass is 10.1. The van der Waals surface area contributed by atoms with Crippen LogP contribution in [0.2, 0.25) is 0 Å². The fourth-order valence-corrected chi connectivity index (χ4v) is 4.99. The first-order valence-electron chi connectivity index (χ1n) is 6.01. The van der Waals surface area contributed by atoms with E-state index in [1.165, 1.54) is 11.3 Å². The van der Waals surface area contributed by atoms with Crippen molar-refractivity contribution in [3.8, 4) is 0 Å². The van der Waals surface area contributed by atoms with Crippen LogP contribution in [0.4, 0.5) is 0 Å². The van der Waals surface area contributed by atoms with Crippen molar-refractivity contribution < 1.29 is 9.90 Å². The topological polar surface area (TPSA) is 49.3 Å². The zero-order valence-corrected chi connectivity index (χ0v) is 13.8. The molecule has 0 radical (unpaired) electrons. The molecule has 0 bridgehead atoms. The van der Waals surface area contributed by atoms with Gasteiger partial charge in [-0.3, -0.25) is 4.79 Å². The third kappa shape index (κ3) is 3.56. The number of hydrogen-bond donors (Lipinski definition) is 2. The molecule has 1 aliphatic rings. The van der Waals surface area contributed by atoms with Crippen molar-refractivity contribution >= 4 is 49.1 Å². The zero-order chi connectivity index (χ0) is 13.1. The molecule has 1 aliphatic carbocycles. The quantitative estimate of drug-likeness (QED) is 0.748. The summed E-state index contributed by atoms with van der Waals surface area (Å²) in [6.45, 7) is 0. The van der Waals surface area contributed by atoms with Gasteiger partial charge in [0.05, 0.1) is 25.3 Å². The number of halogens is 2. The minimum Gasteiger partial charge on any atom is -0.391 e. The number of amides is 1. The Hall–Kier alpha value is 0.0900. The molecular formula is C12H15Br2NO2S. The van der Waals surface area contributed by atoms with Crippen LogP contribution in [-0.2, 0) is 0 Å². The van der Waals surface area contributed by atoms with Crippen molar-refractivity contribution in [2.45, 2.75) is 44.2 Å². The van der Waals surface area contributed by atoms with Gasteiger partial charge >= 0.3 is 0 Å². The third-order valence-corrected chi connectivity index (χ3v) is 5.54. The Bertz CT molecular complexity index is 436. The molecule has 18 heavy (non-hydrogen) atoms. The molecule has 6 heteroatoms. The van der Waals surface area contributed by atoms with Crippen molar-refractivity contribution in [3.05, 3.63) is 19.2 Å². The standard InChI is InChI=1S/C12H15Br2NO2S/c13-10-6-7(11(14)18-10)12(17)15-8-4-2-1-3-5-9(8)16/h6,8-9,16H,1-5H2,(H,15,17). The van der Waals surface area contributed by atoms with Gasteiger partial charge in [0.15, 0.2) is 0 Å². The molecule has 0 aliphatic heterocycles. The van der Waals surface area contributed by atoms with Crippen molar-refractivity contribution in [2.24, 2.45) is 0 Å². The largest absolute Gasteiger partial charge is 0.391 e. The van der Waals surface area contributed by atoms with Gasteiger partial charge in [-0.1, -0.05) is 19.3 Å². The Balaban J connectivity index is 2.04. The monoisotopic (exact) mass is 395 g/mol. The van der Waals surface area contributed by atoms with Crippen LogP contribution in [0, 0.1) is 0 Å². The lowest BCUT2D eigenvalue weighted by Gasteiger charge is -2.21. The number of nitrogens with one attached hydrogen (secondary N) is 1. The van der Waals surface area contributed by atoms with Crippen LogP contribution in [0.5, 0.6) is 0 Å². The molecule has 1 fully saturated rings. The van der Waals surface area contributed by atoms with E-state index in [-0.39, 0.29) is 11.9 Å². The van der Waals surface area contributed by atoms with E-state index in [2.05, 4.69) is 37.2 Å². The average molecular weight is 397 g/mol. The van der Waals surface area contributed by atoms with E-state index in [0.29, 0.717) is 5.56 Å². The highest BCUT2D eigenvalue weighted by atomic mass is 79.9. The fraction of sp³-hybridized carbons (Fsp3) is 0.583. The molecular weight excluding hydrogens is 382 g/mol. The van der Waals surface area contributed by atoms with E-state index < -0.39 is 6.10 Å². The van der Waals surface area contributed by atoms with E-state index in [4.69, 9.17) is 0 Å². The second-order valence-electron chi connectivity index (χ2n) is 4.52. The fourth-order valence-electron chi connectivity index (χ4n) is 2.20. The number of hydrogen-bond acceptors (Lipinski definition) is 3. The van der Waals surface area contributed by atoms with Gasteiger partial charge in [0.25, 0.3) is 5.91 Å². The molecule has 2 unspecified atom stereocenters. The Morgan fingerprint density at radius 3 is 2.72 bits per heavy atom. The molecule has 0 spiro atoms. The highest BCUT2D eigenvalue weighted by Gasteiger charge is 2.24. The summed E-state index contributed by atoms with van der Waals surface area (Å²) in [7, 11) is 0. The van der Waals surface area contributed by atoms with Gasteiger partial charge in [0, 0.05) is 0 Å². The summed E-state index contributed by atoms with van der Waals surface area (Å²) in [5.74, 6) is -0.116. The zero-order valence-electron chi connectivity index (χ0n) is 9.79. The highest BCUT2D eigenvalue weighted by molar-refractivity contribution is 9.12. The Labute approximate surface area is 127 Å². The summed E-state index contributed by atoms with van der Waals surface area (Å²) >= 11 is 8.21. The summed E-state index contributed by atoms with van der Waals surface area (Å²) in [6, 6.07) is 1.68. The molecule has 1 amide bonds. The van der Waals surface area contributed by atoms with Crippen LogP contribution < -0.4 is 5.32 Å². The van der Waals surface area contributed by atoms with Gasteiger partial charge < -0.3 is 10.4 Å². The van der Waals surface area contributed by atoms with Gasteiger partial charge in [-0.25, -0.2) is 0 Å². The van der Waals surface area contributed by atoms with Gasteiger partial charge in [-0.15, -0.1) is 11.3 Å². The highest BCUT2D eigenvalue weighted by Crippen LogP contribution is 2.32. The Morgan fingerprint density at radius 1 is 1.33 bits per heavy atom. The Kier molecular flexibility index (Phi) is 5.24. The molecule has 3 nitrogen and oxygen atoms in total. The number of thiophene rings is 1. The van der Waals surface area contributed by atoms with Crippen molar-refractivity contribution in [1.29, 1.82) is 0 Å². The first-order chi connectivity index (χ1) is 8.58. The van der Waals surface area contributed by atoms with E-state index in [9.17, 15) is 9.90 Å². The molecule has 0 saturated heterocycles. The minimum absolute atomic E-state index is 0.116. The number of aliphatic hydroxyl groups is 1. The SMILES string of the molecule is O=C(NC1CCCCCC1O)c1cc(Br)sc1Br. The van der Waals surface area contributed by atoms with E-state index in [1.807, 2.05) is 0 Å². The minimum atomic E-state index is -0.419. The summed E-state index contributed by atoms with van der Waals surface area (Å²) in [5.41, 5.74) is 0.628. The third-order valence-electron chi connectivity index (χ3n) is 3.20. The van der Waals surface area contributed by atoms with Gasteiger partial charge in [-0.05, 0) is 50.8 Å². The summed E-state index contributed by atoms with van der Waals surface area (Å²) < 4.78 is 1.73. The van der Waals surface area contributed by atoms with E-state index in [1.54, 1.807) is 6.07 Å². The second-order valence-corrected chi connectivity index (χ2v) is 8.27. The van der Waals surface area contributed by atoms with E-state index >= 15 is 0 Å². The molecule has 2 rings (SSSR count). The predicted octanol–water partition coefficient (Wildman–Crippen LogP) is 3.70. The second kappa shape index (κ2) is 6.50. The van der Waals surface area contributed by atoms with Crippen LogP contribution in [0.25, 0.3) is 0 Å². The maximum atomic E-state index is 12.1. The Morgan fingerprint density at radius 2 is 2.06 bits per heavy atom. The van der Waals surface area contributed by atoms with Crippen molar-refractivity contribution in [1.82, 2.24) is 5.32 Å². The predicted molar refractivity (Wildman–Crippen MR) is 80.1 cm³/mol. The normalized spacial score (nSPS) is 24.6. The van der Waals surface area contributed by atoms with Gasteiger partial charge in [-0.2, -0.15) is 0 Å². The first kappa shape index (κ1) is 14.5. The molecule has 1 saturated carbocycles. The number of aliphatic hydroxyl groups excluding tert-OH is 1. The van der Waals surface area contributed by atoms with Crippen LogP contribution in [0.3, 0.4) is 0 Å². The van der Waals surface area contributed by atoms with Gasteiger partial charge in [0.2, 0.25) is 0 Å². The van der Waals surface area contributed by atoms with Crippen molar-refractivity contribution in [3.63, 3.8) is 0 Å². The number of carbonyl (C=O) groups excluding carboxylic acids is 1. The lowest BCUT2D eigenvalue weighted by molar-refractivity contribution is 0.0818. The van der Waals surface area contributed by atoms with Crippen LogP contribution in [-0.4, -0.2) is 23.2 Å². The summed E-state index contributed by atoms with van der Waals surface area (Å²) in [6.07, 6.45) is 4.46.